The maximum atomic E-state index is 12.2. The maximum Gasteiger partial charge on any atom is 0.321 e. The summed E-state index contributed by atoms with van der Waals surface area (Å²) in [5, 5.41) is 12.2. The first-order chi connectivity index (χ1) is 13.0. The van der Waals surface area contributed by atoms with Crippen molar-refractivity contribution in [1.82, 2.24) is 25.8 Å². The summed E-state index contributed by atoms with van der Waals surface area (Å²) < 4.78 is 5.14. The third-order valence-electron chi connectivity index (χ3n) is 4.41. The Morgan fingerprint density at radius 2 is 1.96 bits per heavy atom. The van der Waals surface area contributed by atoms with E-state index in [0.717, 1.165) is 37.0 Å². The maximum absolute atomic E-state index is 12.2. The first-order valence-corrected chi connectivity index (χ1v) is 9.78. The van der Waals surface area contributed by atoms with Crippen LogP contribution in [0.15, 0.2) is 29.4 Å². The fraction of sp³-hybridized carbons (Fsp3) is 0.444. The van der Waals surface area contributed by atoms with Crippen LogP contribution in [-0.2, 0) is 4.79 Å². The molecule has 1 fully saturated rings. The van der Waals surface area contributed by atoms with Crippen molar-refractivity contribution in [2.24, 2.45) is 0 Å². The molecular weight excluding hydrogens is 366 g/mol. The highest BCUT2D eigenvalue weighted by Crippen LogP contribution is 2.24. The molecule has 3 amide bonds. The number of thioether (sulfide) groups is 1. The number of rotatable bonds is 6. The van der Waals surface area contributed by atoms with Crippen LogP contribution in [0.3, 0.4) is 0 Å². The molecule has 0 spiro atoms. The Kier molecular flexibility index (Phi) is 6.33. The van der Waals surface area contributed by atoms with Gasteiger partial charge in [-0.1, -0.05) is 24.6 Å². The van der Waals surface area contributed by atoms with Crippen molar-refractivity contribution in [3.63, 3.8) is 0 Å². The fourth-order valence-corrected chi connectivity index (χ4v) is 3.62. The van der Waals surface area contributed by atoms with E-state index >= 15 is 0 Å². The molecule has 1 aliphatic carbocycles. The van der Waals surface area contributed by atoms with Crippen LogP contribution in [-0.4, -0.2) is 45.5 Å². The first-order valence-electron chi connectivity index (χ1n) is 8.90. The number of urea groups is 1. The first kappa shape index (κ1) is 19.2. The molecule has 27 heavy (non-hydrogen) atoms. The van der Waals surface area contributed by atoms with E-state index in [9.17, 15) is 9.59 Å². The number of aromatic amines is 1. The van der Waals surface area contributed by atoms with E-state index < -0.39 is 11.3 Å². The number of imide groups is 1. The number of hydrogen-bond donors (Lipinski definition) is 3. The average molecular weight is 389 g/mol. The van der Waals surface area contributed by atoms with Gasteiger partial charge in [-0.15, -0.1) is 5.10 Å². The van der Waals surface area contributed by atoms with Gasteiger partial charge in [0.15, 0.2) is 5.82 Å². The number of H-pyrrole nitrogens is 1. The Bertz CT molecular complexity index is 787. The van der Waals surface area contributed by atoms with Gasteiger partial charge in [-0.05, 0) is 44.0 Å². The number of hydrogen-bond acceptors (Lipinski definition) is 6. The predicted octanol–water partition coefficient (Wildman–Crippen LogP) is 2.73. The van der Waals surface area contributed by atoms with Crippen LogP contribution in [0.2, 0.25) is 0 Å². The van der Waals surface area contributed by atoms with Gasteiger partial charge in [0, 0.05) is 11.6 Å². The molecule has 1 aliphatic rings. The molecule has 0 saturated heterocycles. The molecule has 1 heterocycles. The molecule has 1 aromatic carbocycles. The lowest BCUT2D eigenvalue weighted by Gasteiger charge is -2.14. The number of benzene rings is 1. The molecule has 0 aliphatic heterocycles. The lowest BCUT2D eigenvalue weighted by molar-refractivity contribution is -0.119. The molecule has 144 valence electrons. The van der Waals surface area contributed by atoms with Crippen LogP contribution in [0.4, 0.5) is 4.79 Å². The van der Waals surface area contributed by atoms with Crippen LogP contribution in [0.5, 0.6) is 5.75 Å². The Morgan fingerprint density at radius 1 is 1.26 bits per heavy atom. The fourth-order valence-electron chi connectivity index (χ4n) is 2.89. The van der Waals surface area contributed by atoms with Gasteiger partial charge >= 0.3 is 6.03 Å². The Morgan fingerprint density at radius 3 is 2.63 bits per heavy atom. The topological polar surface area (TPSA) is 109 Å². The van der Waals surface area contributed by atoms with Gasteiger partial charge in [-0.3, -0.25) is 15.2 Å². The van der Waals surface area contributed by atoms with Crippen LogP contribution in [0, 0.1) is 0 Å². The molecule has 2 aromatic rings. The minimum absolute atomic E-state index is 0.167. The van der Waals surface area contributed by atoms with E-state index in [1.807, 2.05) is 24.3 Å². The van der Waals surface area contributed by atoms with Crippen molar-refractivity contribution >= 4 is 23.7 Å². The van der Waals surface area contributed by atoms with Crippen LogP contribution < -0.4 is 15.4 Å². The summed E-state index contributed by atoms with van der Waals surface area (Å²) in [6.07, 6.45) is 4.17. The van der Waals surface area contributed by atoms with E-state index in [0.29, 0.717) is 11.0 Å². The van der Waals surface area contributed by atoms with Crippen molar-refractivity contribution in [2.75, 3.05) is 7.11 Å². The molecule has 3 N–H and O–H groups in total. The summed E-state index contributed by atoms with van der Waals surface area (Å²) in [5.41, 5.74) is 0.864. The van der Waals surface area contributed by atoms with Crippen LogP contribution in [0.1, 0.15) is 32.6 Å². The molecule has 1 saturated carbocycles. The summed E-state index contributed by atoms with van der Waals surface area (Å²) in [4.78, 5) is 28.5. The third kappa shape index (κ3) is 5.22. The second-order valence-electron chi connectivity index (χ2n) is 6.40. The van der Waals surface area contributed by atoms with Crippen molar-refractivity contribution in [3.8, 4) is 17.1 Å². The summed E-state index contributed by atoms with van der Waals surface area (Å²) in [6.45, 7) is 1.71. The predicted molar refractivity (Wildman–Crippen MR) is 103 cm³/mol. The van der Waals surface area contributed by atoms with Crippen LogP contribution in [0.25, 0.3) is 11.4 Å². The number of methoxy groups -OCH3 is 1. The summed E-state index contributed by atoms with van der Waals surface area (Å²) in [6, 6.07) is 7.15. The highest BCUT2D eigenvalue weighted by Gasteiger charge is 2.22. The van der Waals surface area contributed by atoms with Gasteiger partial charge in [-0.25, -0.2) is 9.78 Å². The normalized spacial score (nSPS) is 15.3. The number of nitrogens with one attached hydrogen (secondary N) is 3. The number of aromatic nitrogens is 3. The lowest BCUT2D eigenvalue weighted by atomic mass is 10.2. The monoisotopic (exact) mass is 389 g/mol. The van der Waals surface area contributed by atoms with Gasteiger partial charge in [0.25, 0.3) is 0 Å². The second kappa shape index (κ2) is 8.90. The molecule has 0 unspecified atom stereocenters. The molecule has 8 nitrogen and oxygen atoms in total. The molecule has 0 radical (unpaired) electrons. The number of amides is 3. The smallest absolute Gasteiger partial charge is 0.321 e. The molecule has 0 bridgehead atoms. The van der Waals surface area contributed by atoms with E-state index in [-0.39, 0.29) is 11.9 Å². The SMILES string of the molecule is COc1ccc(-c2nc(S[C@@H](C)C(=O)NC(=O)NC3CCCC3)n[nH]2)cc1. The molecular formula is C18H23N5O3S. The largest absolute Gasteiger partial charge is 0.497 e. The van der Waals surface area contributed by atoms with E-state index in [4.69, 9.17) is 4.74 Å². The lowest BCUT2D eigenvalue weighted by Crippen LogP contribution is -2.45. The Hall–Kier alpha value is -2.55. The van der Waals surface area contributed by atoms with Crippen molar-refractivity contribution in [3.05, 3.63) is 24.3 Å². The number of carbonyl (C=O) groups excluding carboxylic acids is 2. The molecule has 1 atom stereocenters. The zero-order valence-corrected chi connectivity index (χ0v) is 16.1. The zero-order valence-electron chi connectivity index (χ0n) is 15.3. The number of carbonyl (C=O) groups is 2. The molecule has 1 aromatic heterocycles. The van der Waals surface area contributed by atoms with Gasteiger partial charge in [0.1, 0.15) is 5.75 Å². The molecule has 3 rings (SSSR count). The summed E-state index contributed by atoms with van der Waals surface area (Å²) in [7, 11) is 1.61. The second-order valence-corrected chi connectivity index (χ2v) is 7.71. The van der Waals surface area contributed by atoms with Crippen molar-refractivity contribution in [1.29, 1.82) is 0 Å². The van der Waals surface area contributed by atoms with Gasteiger partial charge in [0.05, 0.1) is 12.4 Å². The van der Waals surface area contributed by atoms with Crippen LogP contribution >= 0.6 is 11.8 Å². The van der Waals surface area contributed by atoms with Gasteiger partial charge in [0.2, 0.25) is 11.1 Å². The highest BCUT2D eigenvalue weighted by molar-refractivity contribution is 8.00. The summed E-state index contributed by atoms with van der Waals surface area (Å²) >= 11 is 1.19. The summed E-state index contributed by atoms with van der Waals surface area (Å²) in [5.74, 6) is 0.993. The third-order valence-corrected chi connectivity index (χ3v) is 5.37. The Balaban J connectivity index is 1.52. The number of ether oxygens (including phenoxy) is 1. The Labute approximate surface area is 161 Å². The van der Waals surface area contributed by atoms with E-state index in [1.165, 1.54) is 11.8 Å². The minimum Gasteiger partial charge on any atom is -0.497 e. The van der Waals surface area contributed by atoms with Gasteiger partial charge in [-0.2, -0.15) is 0 Å². The van der Waals surface area contributed by atoms with E-state index in [1.54, 1.807) is 14.0 Å². The zero-order chi connectivity index (χ0) is 19.2. The average Bonchev–Trinajstić information content (AvgIpc) is 3.33. The quantitative estimate of drug-likeness (QED) is 0.656. The van der Waals surface area contributed by atoms with Crippen molar-refractivity contribution in [2.45, 2.75) is 49.1 Å². The van der Waals surface area contributed by atoms with Crippen molar-refractivity contribution < 1.29 is 14.3 Å². The standard InChI is InChI=1S/C18H23N5O3S/c1-11(16(24)21-17(25)19-13-5-3-4-6-13)27-18-20-15(22-23-18)12-7-9-14(26-2)10-8-12/h7-11,13H,3-6H2,1-2H3,(H,20,22,23)(H2,19,21,24,25)/t11-/m0/s1. The molecule has 9 heteroatoms. The highest BCUT2D eigenvalue weighted by atomic mass is 32.2. The number of nitrogens with zero attached hydrogens (tertiary/aromatic N) is 2. The van der Waals surface area contributed by atoms with Gasteiger partial charge < -0.3 is 10.1 Å². The van der Waals surface area contributed by atoms with E-state index in [2.05, 4.69) is 25.8 Å². The minimum atomic E-state index is -0.501.